The van der Waals surface area contributed by atoms with Crippen molar-refractivity contribution in [1.82, 2.24) is 15.0 Å². The van der Waals surface area contributed by atoms with Crippen molar-refractivity contribution in [3.63, 3.8) is 0 Å². The van der Waals surface area contributed by atoms with Gasteiger partial charge < -0.3 is 14.5 Å². The van der Waals surface area contributed by atoms with E-state index in [0.29, 0.717) is 34.4 Å². The largest absolute Gasteiger partial charge is 0.493 e. The van der Waals surface area contributed by atoms with Crippen LogP contribution in [0.15, 0.2) is 30.5 Å². The molecule has 3 aromatic rings. The fourth-order valence-electron chi connectivity index (χ4n) is 2.71. The molecule has 0 aliphatic heterocycles. The monoisotopic (exact) mass is 457 g/mol. The van der Waals surface area contributed by atoms with Crippen LogP contribution in [0.1, 0.15) is 37.9 Å². The third-order valence-electron chi connectivity index (χ3n) is 4.42. The summed E-state index contributed by atoms with van der Waals surface area (Å²) in [5, 5.41) is 0.372. The van der Waals surface area contributed by atoms with Crippen LogP contribution in [0.4, 0.5) is 17.6 Å². The summed E-state index contributed by atoms with van der Waals surface area (Å²) in [5.41, 5.74) is -0.453. The summed E-state index contributed by atoms with van der Waals surface area (Å²) in [6.07, 6.45) is -4.11. The number of nitrogens with zero attached hydrogens (tertiary/aromatic N) is 2. The highest BCUT2D eigenvalue weighted by atomic mass is 35.5. The van der Waals surface area contributed by atoms with Crippen LogP contribution in [0.25, 0.3) is 11.3 Å². The molecule has 3 rings (SSSR count). The maximum Gasteiger partial charge on any atom is 0.417 e. The molecular formula is C21H20ClF4N3O2. The highest BCUT2D eigenvalue weighted by Crippen LogP contribution is 2.36. The third-order valence-corrected chi connectivity index (χ3v) is 4.69. The van der Waals surface area contributed by atoms with Gasteiger partial charge in [0.1, 0.15) is 34.8 Å². The Labute approximate surface area is 181 Å². The second kappa shape index (κ2) is 8.37. The van der Waals surface area contributed by atoms with E-state index in [1.54, 1.807) is 18.2 Å². The van der Waals surface area contributed by atoms with Gasteiger partial charge in [0.15, 0.2) is 11.5 Å². The van der Waals surface area contributed by atoms with Gasteiger partial charge >= 0.3 is 6.18 Å². The zero-order valence-electron chi connectivity index (χ0n) is 17.2. The van der Waals surface area contributed by atoms with Crippen LogP contribution in [0.2, 0.25) is 5.15 Å². The lowest BCUT2D eigenvalue weighted by Crippen LogP contribution is -2.13. The van der Waals surface area contributed by atoms with Crippen molar-refractivity contribution < 1.29 is 27.0 Å². The van der Waals surface area contributed by atoms with Gasteiger partial charge in [0.05, 0.1) is 12.7 Å². The van der Waals surface area contributed by atoms with Crippen molar-refractivity contribution in [2.45, 2.75) is 39.0 Å². The molecule has 0 bridgehead atoms. The van der Waals surface area contributed by atoms with Gasteiger partial charge in [-0.25, -0.2) is 9.37 Å². The number of H-pyrrole nitrogens is 1. The van der Waals surface area contributed by atoms with E-state index >= 15 is 0 Å². The maximum atomic E-state index is 14.0. The minimum atomic E-state index is -4.67. The van der Waals surface area contributed by atoms with Crippen LogP contribution in [0.3, 0.4) is 0 Å². The molecule has 0 fully saturated rings. The van der Waals surface area contributed by atoms with Gasteiger partial charge in [-0.05, 0) is 24.3 Å². The predicted molar refractivity (Wildman–Crippen MR) is 108 cm³/mol. The van der Waals surface area contributed by atoms with E-state index in [2.05, 4.69) is 15.0 Å². The van der Waals surface area contributed by atoms with E-state index in [9.17, 15) is 17.6 Å². The van der Waals surface area contributed by atoms with E-state index in [4.69, 9.17) is 21.1 Å². The van der Waals surface area contributed by atoms with Crippen molar-refractivity contribution in [1.29, 1.82) is 0 Å². The van der Waals surface area contributed by atoms with Crippen LogP contribution in [-0.2, 0) is 18.2 Å². The molecule has 0 saturated carbocycles. The summed E-state index contributed by atoms with van der Waals surface area (Å²) >= 11 is 6.30. The number of ether oxygens (including phenoxy) is 2. The topological polar surface area (TPSA) is 60.0 Å². The Hall–Kier alpha value is -2.81. The van der Waals surface area contributed by atoms with Crippen molar-refractivity contribution in [2.24, 2.45) is 0 Å². The molecule has 1 aromatic carbocycles. The second-order valence-corrected chi connectivity index (χ2v) is 8.18. The number of benzene rings is 1. The molecule has 0 spiro atoms. The number of aromatic amines is 1. The predicted octanol–water partition coefficient (Wildman–Crippen LogP) is 6.17. The van der Waals surface area contributed by atoms with Gasteiger partial charge in [-0.1, -0.05) is 32.4 Å². The third kappa shape index (κ3) is 5.10. The fourth-order valence-corrected chi connectivity index (χ4v) is 2.95. The first kappa shape index (κ1) is 22.9. The van der Waals surface area contributed by atoms with Crippen molar-refractivity contribution >= 4 is 11.6 Å². The molecule has 0 aliphatic carbocycles. The SMILES string of the molecule is COc1cc(-c2nc(C(C)(C)C)[nH]c2Cl)ccc1OCc1ncc(C(F)(F)F)cc1F. The Balaban J connectivity index is 1.82. The Morgan fingerprint density at radius 3 is 2.35 bits per heavy atom. The summed E-state index contributed by atoms with van der Waals surface area (Å²) in [6.45, 7) is 5.62. The van der Waals surface area contributed by atoms with Gasteiger partial charge in [-0.15, -0.1) is 0 Å². The smallest absolute Gasteiger partial charge is 0.417 e. The highest BCUT2D eigenvalue weighted by molar-refractivity contribution is 6.31. The number of pyridine rings is 1. The average molecular weight is 458 g/mol. The minimum Gasteiger partial charge on any atom is -0.493 e. The molecule has 0 amide bonds. The number of aromatic nitrogens is 3. The molecule has 0 aliphatic rings. The summed E-state index contributed by atoms with van der Waals surface area (Å²) in [5.74, 6) is 0.190. The summed E-state index contributed by atoms with van der Waals surface area (Å²) < 4.78 is 62.8. The normalized spacial score (nSPS) is 12.2. The molecule has 0 atom stereocenters. The molecule has 0 radical (unpaired) electrons. The zero-order valence-corrected chi connectivity index (χ0v) is 18.0. The lowest BCUT2D eigenvalue weighted by atomic mass is 9.96. The Morgan fingerprint density at radius 2 is 1.81 bits per heavy atom. The van der Waals surface area contributed by atoms with Gasteiger partial charge in [0, 0.05) is 17.2 Å². The molecule has 166 valence electrons. The first-order chi connectivity index (χ1) is 14.4. The fraction of sp³-hybridized carbons (Fsp3) is 0.333. The Morgan fingerprint density at radius 1 is 1.10 bits per heavy atom. The van der Waals surface area contributed by atoms with E-state index in [0.717, 1.165) is 5.82 Å². The minimum absolute atomic E-state index is 0.228. The molecule has 10 heteroatoms. The lowest BCUT2D eigenvalue weighted by molar-refractivity contribution is -0.138. The van der Waals surface area contributed by atoms with E-state index in [1.165, 1.54) is 7.11 Å². The van der Waals surface area contributed by atoms with E-state index < -0.39 is 17.6 Å². The summed E-state index contributed by atoms with van der Waals surface area (Å²) in [6, 6.07) is 5.32. The Kier molecular flexibility index (Phi) is 6.18. The number of hydrogen-bond donors (Lipinski definition) is 1. The van der Waals surface area contributed by atoms with Gasteiger partial charge in [-0.3, -0.25) is 4.98 Å². The van der Waals surface area contributed by atoms with Crippen LogP contribution >= 0.6 is 11.6 Å². The molecule has 0 saturated heterocycles. The standard InChI is InChI=1S/C21H20ClF4N3O2/c1-20(2,3)19-28-17(18(22)29-19)11-5-6-15(16(7-11)30-4)31-10-14-13(23)8-12(9-27-14)21(24,25)26/h5-9H,10H2,1-4H3,(H,28,29). The van der Waals surface area contributed by atoms with Crippen LogP contribution in [0, 0.1) is 5.82 Å². The molecule has 1 N–H and O–H groups in total. The van der Waals surface area contributed by atoms with Crippen molar-refractivity contribution in [3.8, 4) is 22.8 Å². The van der Waals surface area contributed by atoms with Crippen LogP contribution in [0.5, 0.6) is 11.5 Å². The summed E-state index contributed by atoms with van der Waals surface area (Å²) in [7, 11) is 1.43. The molecule has 5 nitrogen and oxygen atoms in total. The molecule has 2 heterocycles. The summed E-state index contributed by atoms with van der Waals surface area (Å²) in [4.78, 5) is 11.1. The number of imidazole rings is 1. The van der Waals surface area contributed by atoms with E-state index in [-0.39, 0.29) is 23.5 Å². The van der Waals surface area contributed by atoms with E-state index in [1.807, 2.05) is 20.8 Å². The number of methoxy groups -OCH3 is 1. The van der Waals surface area contributed by atoms with Crippen molar-refractivity contribution in [2.75, 3.05) is 7.11 Å². The zero-order chi connectivity index (χ0) is 23.0. The van der Waals surface area contributed by atoms with Gasteiger partial charge in [0.2, 0.25) is 0 Å². The maximum absolute atomic E-state index is 14.0. The lowest BCUT2D eigenvalue weighted by Gasteiger charge is -2.14. The molecular weight excluding hydrogens is 438 g/mol. The van der Waals surface area contributed by atoms with Gasteiger partial charge in [-0.2, -0.15) is 13.2 Å². The second-order valence-electron chi connectivity index (χ2n) is 7.80. The molecule has 31 heavy (non-hydrogen) atoms. The number of nitrogens with one attached hydrogen (secondary N) is 1. The number of alkyl halides is 3. The quantitative estimate of drug-likeness (QED) is 0.465. The van der Waals surface area contributed by atoms with Crippen LogP contribution in [-0.4, -0.2) is 22.1 Å². The molecule has 2 aromatic heterocycles. The molecule has 0 unspecified atom stereocenters. The number of halogens is 5. The first-order valence-corrected chi connectivity index (χ1v) is 9.56. The number of rotatable bonds is 5. The Bertz CT molecular complexity index is 1090. The number of hydrogen-bond acceptors (Lipinski definition) is 4. The van der Waals surface area contributed by atoms with Crippen LogP contribution < -0.4 is 9.47 Å². The highest BCUT2D eigenvalue weighted by Gasteiger charge is 2.32. The first-order valence-electron chi connectivity index (χ1n) is 9.19. The van der Waals surface area contributed by atoms with Crippen molar-refractivity contribution in [3.05, 3.63) is 58.5 Å². The average Bonchev–Trinajstić information content (AvgIpc) is 3.08. The van der Waals surface area contributed by atoms with Gasteiger partial charge in [0.25, 0.3) is 0 Å².